The van der Waals surface area contributed by atoms with Crippen molar-refractivity contribution in [2.45, 2.75) is 25.9 Å². The Hall–Kier alpha value is -3.21. The number of carbonyl (C=O) groups excluding carboxylic acids is 2. The molecule has 1 unspecified atom stereocenters. The van der Waals surface area contributed by atoms with Gasteiger partial charge >= 0.3 is 0 Å². The molecule has 2 amide bonds. The number of anilines is 1. The van der Waals surface area contributed by atoms with E-state index in [9.17, 15) is 26.8 Å². The Bertz CT molecular complexity index is 1090. The zero-order valence-electron chi connectivity index (χ0n) is 18.8. The minimum Gasteiger partial charge on any atom is -0.497 e. The number of hydrogen-bond acceptors (Lipinski definition) is 5. The van der Waals surface area contributed by atoms with Crippen molar-refractivity contribution in [3.8, 4) is 5.75 Å². The van der Waals surface area contributed by atoms with Crippen LogP contribution in [0.15, 0.2) is 42.5 Å². The number of nitrogens with zero attached hydrogens (tertiary/aromatic N) is 2. The van der Waals surface area contributed by atoms with Crippen molar-refractivity contribution in [3.05, 3.63) is 59.7 Å². The standard InChI is InChI=1S/C22H27F2N3O5S/c1-5-20(22(29)25-2)26(13-15-6-9-17(32-3)10-7-15)21(28)14-27(33(4,30)31)16-8-11-18(23)19(24)12-16/h6-12,20H,5,13-14H2,1-4H3,(H,25,29). The van der Waals surface area contributed by atoms with Crippen LogP contribution in [0, 0.1) is 11.6 Å². The lowest BCUT2D eigenvalue weighted by Gasteiger charge is -2.32. The summed E-state index contributed by atoms with van der Waals surface area (Å²) in [6.07, 6.45) is 1.12. The van der Waals surface area contributed by atoms with Gasteiger partial charge in [-0.2, -0.15) is 0 Å². The van der Waals surface area contributed by atoms with Gasteiger partial charge in [-0.05, 0) is 36.2 Å². The lowest BCUT2D eigenvalue weighted by atomic mass is 10.1. The van der Waals surface area contributed by atoms with Crippen molar-refractivity contribution in [1.82, 2.24) is 10.2 Å². The Morgan fingerprint density at radius 3 is 2.21 bits per heavy atom. The van der Waals surface area contributed by atoms with Gasteiger partial charge in [0, 0.05) is 19.7 Å². The van der Waals surface area contributed by atoms with Crippen LogP contribution in [0.3, 0.4) is 0 Å². The van der Waals surface area contributed by atoms with Crippen LogP contribution in [0.1, 0.15) is 18.9 Å². The highest BCUT2D eigenvalue weighted by atomic mass is 32.2. The van der Waals surface area contributed by atoms with Crippen LogP contribution in [-0.4, -0.2) is 58.1 Å². The SMILES string of the molecule is CCC(C(=O)NC)N(Cc1ccc(OC)cc1)C(=O)CN(c1ccc(F)c(F)c1)S(C)(=O)=O. The van der Waals surface area contributed by atoms with E-state index < -0.39 is 46.1 Å². The average molecular weight is 484 g/mol. The number of nitrogens with one attached hydrogen (secondary N) is 1. The molecule has 0 fully saturated rings. The fraction of sp³-hybridized carbons (Fsp3) is 0.364. The maximum Gasteiger partial charge on any atom is 0.244 e. The molecule has 0 aliphatic carbocycles. The van der Waals surface area contributed by atoms with Gasteiger partial charge in [-0.3, -0.25) is 13.9 Å². The molecule has 0 bridgehead atoms. The van der Waals surface area contributed by atoms with E-state index in [2.05, 4.69) is 5.32 Å². The first-order chi connectivity index (χ1) is 15.5. The molecule has 0 aliphatic rings. The Kier molecular flexibility index (Phi) is 8.75. The summed E-state index contributed by atoms with van der Waals surface area (Å²) in [6.45, 7) is 1.04. The van der Waals surface area contributed by atoms with Crippen molar-refractivity contribution in [2.24, 2.45) is 0 Å². The molecule has 0 spiro atoms. The highest BCUT2D eigenvalue weighted by Crippen LogP contribution is 2.22. The maximum absolute atomic E-state index is 13.8. The van der Waals surface area contributed by atoms with E-state index in [0.717, 1.165) is 18.4 Å². The monoisotopic (exact) mass is 483 g/mol. The highest BCUT2D eigenvalue weighted by Gasteiger charge is 2.31. The van der Waals surface area contributed by atoms with Gasteiger partial charge in [-0.1, -0.05) is 19.1 Å². The number of likely N-dealkylation sites (N-methyl/N-ethyl adjacent to an activating group) is 1. The first-order valence-electron chi connectivity index (χ1n) is 10.1. The lowest BCUT2D eigenvalue weighted by molar-refractivity contribution is -0.140. The first kappa shape index (κ1) is 26.0. The van der Waals surface area contributed by atoms with Crippen LogP contribution in [0.4, 0.5) is 14.5 Å². The van der Waals surface area contributed by atoms with Crippen LogP contribution in [0.2, 0.25) is 0 Å². The largest absolute Gasteiger partial charge is 0.497 e. The Labute approximate surface area is 192 Å². The molecule has 11 heteroatoms. The average Bonchev–Trinajstić information content (AvgIpc) is 2.78. The summed E-state index contributed by atoms with van der Waals surface area (Å²) in [6, 6.07) is 8.51. The molecule has 0 saturated carbocycles. The fourth-order valence-electron chi connectivity index (χ4n) is 3.27. The van der Waals surface area contributed by atoms with Gasteiger partial charge in [-0.25, -0.2) is 17.2 Å². The summed E-state index contributed by atoms with van der Waals surface area (Å²) in [5, 5.41) is 2.51. The molecule has 2 aromatic rings. The zero-order valence-corrected chi connectivity index (χ0v) is 19.7. The van der Waals surface area contributed by atoms with Gasteiger partial charge in [0.15, 0.2) is 11.6 Å². The number of benzene rings is 2. The molecule has 1 atom stereocenters. The Morgan fingerprint density at radius 2 is 1.73 bits per heavy atom. The van der Waals surface area contributed by atoms with E-state index >= 15 is 0 Å². The van der Waals surface area contributed by atoms with Crippen molar-refractivity contribution in [3.63, 3.8) is 0 Å². The van der Waals surface area contributed by atoms with Crippen LogP contribution in [0.5, 0.6) is 5.75 Å². The maximum atomic E-state index is 13.8. The number of methoxy groups -OCH3 is 1. The molecule has 2 aromatic carbocycles. The van der Waals surface area contributed by atoms with E-state index in [0.29, 0.717) is 21.7 Å². The third-order valence-electron chi connectivity index (χ3n) is 5.01. The Balaban J connectivity index is 2.43. The van der Waals surface area contributed by atoms with Crippen LogP contribution < -0.4 is 14.4 Å². The van der Waals surface area contributed by atoms with Crippen molar-refractivity contribution < 1.29 is 31.5 Å². The zero-order chi connectivity index (χ0) is 24.8. The molecule has 0 aliphatic heterocycles. The second-order valence-corrected chi connectivity index (χ2v) is 9.18. The number of hydrogen-bond donors (Lipinski definition) is 1. The predicted octanol–water partition coefficient (Wildman–Crippen LogP) is 2.29. The number of sulfonamides is 1. The van der Waals surface area contributed by atoms with Crippen LogP contribution in [-0.2, 0) is 26.2 Å². The quantitative estimate of drug-likeness (QED) is 0.560. The summed E-state index contributed by atoms with van der Waals surface area (Å²) in [5.41, 5.74) is 0.479. The molecular formula is C22H27F2N3O5S. The van der Waals surface area contributed by atoms with Crippen LogP contribution >= 0.6 is 0 Å². The molecule has 0 saturated heterocycles. The third-order valence-corrected chi connectivity index (χ3v) is 6.16. The smallest absolute Gasteiger partial charge is 0.244 e. The molecule has 8 nitrogen and oxygen atoms in total. The van der Waals surface area contributed by atoms with E-state index in [1.54, 1.807) is 31.2 Å². The fourth-order valence-corrected chi connectivity index (χ4v) is 4.11. The minimum atomic E-state index is -4.04. The van der Waals surface area contributed by atoms with Gasteiger partial charge in [0.25, 0.3) is 0 Å². The normalized spacial score (nSPS) is 12.1. The summed E-state index contributed by atoms with van der Waals surface area (Å²) in [4.78, 5) is 27.0. The van der Waals surface area contributed by atoms with E-state index in [1.165, 1.54) is 19.1 Å². The van der Waals surface area contributed by atoms with Gasteiger partial charge < -0.3 is 15.0 Å². The van der Waals surface area contributed by atoms with Crippen molar-refractivity contribution in [2.75, 3.05) is 31.3 Å². The molecular weight excluding hydrogens is 456 g/mol. The summed E-state index contributed by atoms with van der Waals surface area (Å²) in [5.74, 6) is -2.89. The summed E-state index contributed by atoms with van der Waals surface area (Å²) < 4.78 is 57.7. The third kappa shape index (κ3) is 6.64. The summed E-state index contributed by atoms with van der Waals surface area (Å²) in [7, 11) is -1.09. The molecule has 0 radical (unpaired) electrons. The lowest BCUT2D eigenvalue weighted by Crippen LogP contribution is -2.51. The predicted molar refractivity (Wildman–Crippen MR) is 120 cm³/mol. The van der Waals surface area contributed by atoms with Gasteiger partial charge in [0.2, 0.25) is 21.8 Å². The van der Waals surface area contributed by atoms with Gasteiger partial charge in [0.05, 0.1) is 19.1 Å². The summed E-state index contributed by atoms with van der Waals surface area (Å²) >= 11 is 0. The number of amides is 2. The molecule has 1 N–H and O–H groups in total. The Morgan fingerprint density at radius 1 is 1.09 bits per heavy atom. The second kappa shape index (κ2) is 11.1. The molecule has 33 heavy (non-hydrogen) atoms. The van der Waals surface area contributed by atoms with E-state index in [1.807, 2.05) is 0 Å². The topological polar surface area (TPSA) is 96.0 Å². The molecule has 0 heterocycles. The van der Waals surface area contributed by atoms with Gasteiger partial charge in [-0.15, -0.1) is 0 Å². The first-order valence-corrected chi connectivity index (χ1v) is 11.9. The number of ether oxygens (including phenoxy) is 1. The van der Waals surface area contributed by atoms with Crippen molar-refractivity contribution in [1.29, 1.82) is 0 Å². The van der Waals surface area contributed by atoms with Crippen molar-refractivity contribution >= 4 is 27.5 Å². The molecule has 2 rings (SSSR count). The molecule has 0 aromatic heterocycles. The van der Waals surface area contributed by atoms with Gasteiger partial charge in [0.1, 0.15) is 18.3 Å². The number of halogens is 2. The van der Waals surface area contributed by atoms with Crippen LogP contribution in [0.25, 0.3) is 0 Å². The highest BCUT2D eigenvalue weighted by molar-refractivity contribution is 7.92. The minimum absolute atomic E-state index is 0.0180. The number of rotatable bonds is 10. The van der Waals surface area contributed by atoms with E-state index in [4.69, 9.17) is 4.74 Å². The second-order valence-electron chi connectivity index (χ2n) is 7.28. The molecule has 180 valence electrons. The number of carbonyl (C=O) groups is 2. The van der Waals surface area contributed by atoms with E-state index in [-0.39, 0.29) is 18.7 Å².